The number of alkyl halides is 3. The molecule has 4 nitrogen and oxygen atoms in total. The van der Waals surface area contributed by atoms with Crippen molar-refractivity contribution in [1.82, 2.24) is 9.78 Å². The van der Waals surface area contributed by atoms with Crippen molar-refractivity contribution in [3.8, 4) is 0 Å². The summed E-state index contributed by atoms with van der Waals surface area (Å²) in [7, 11) is 0. The fraction of sp³-hybridized carbons (Fsp3) is 0.727. The molecule has 2 aliphatic rings. The van der Waals surface area contributed by atoms with Gasteiger partial charge in [0, 0.05) is 13.2 Å². The summed E-state index contributed by atoms with van der Waals surface area (Å²) in [6, 6.07) is -0.119. The van der Waals surface area contributed by atoms with Crippen LogP contribution in [0, 0.1) is 0 Å². The van der Waals surface area contributed by atoms with Crippen molar-refractivity contribution in [2.45, 2.75) is 37.6 Å². The second-order valence-corrected chi connectivity index (χ2v) is 5.58. The molecule has 0 spiro atoms. The molecule has 8 heteroatoms. The van der Waals surface area contributed by atoms with Crippen molar-refractivity contribution in [2.75, 3.05) is 18.5 Å². The normalized spacial score (nSPS) is 27.2. The summed E-state index contributed by atoms with van der Waals surface area (Å²) in [6.45, 7) is 1.31. The molecule has 1 aromatic heterocycles. The van der Waals surface area contributed by atoms with E-state index in [-0.39, 0.29) is 16.6 Å². The highest BCUT2D eigenvalue weighted by atomic mass is 79.9. The van der Waals surface area contributed by atoms with Gasteiger partial charge in [0.05, 0.1) is 16.6 Å². The zero-order valence-corrected chi connectivity index (χ0v) is 11.6. The maximum Gasteiger partial charge on any atom is 0.436 e. The molecule has 0 aromatic carbocycles. The Morgan fingerprint density at radius 3 is 2.79 bits per heavy atom. The number of fused-ring (bicyclic) bond motifs is 1. The molecule has 1 aromatic rings. The number of aromatic nitrogens is 2. The van der Waals surface area contributed by atoms with Gasteiger partial charge >= 0.3 is 6.18 Å². The molecule has 2 unspecified atom stereocenters. The predicted molar refractivity (Wildman–Crippen MR) is 66.0 cm³/mol. The number of rotatable bonds is 1. The van der Waals surface area contributed by atoms with Crippen molar-refractivity contribution in [3.05, 3.63) is 10.2 Å². The first-order valence-electron chi connectivity index (χ1n) is 6.19. The fourth-order valence-electron chi connectivity index (χ4n) is 2.70. The van der Waals surface area contributed by atoms with Gasteiger partial charge in [-0.3, -0.25) is 0 Å². The van der Waals surface area contributed by atoms with E-state index in [0.29, 0.717) is 19.0 Å². The van der Waals surface area contributed by atoms with Crippen LogP contribution in [0.25, 0.3) is 0 Å². The van der Waals surface area contributed by atoms with Gasteiger partial charge in [0.15, 0.2) is 5.69 Å². The van der Waals surface area contributed by atoms with Gasteiger partial charge in [0.1, 0.15) is 5.82 Å². The largest absolute Gasteiger partial charge is 0.436 e. The van der Waals surface area contributed by atoms with Gasteiger partial charge in [-0.2, -0.15) is 18.3 Å². The first-order valence-corrected chi connectivity index (χ1v) is 6.98. The summed E-state index contributed by atoms with van der Waals surface area (Å²) in [5.41, 5.74) is -0.875. The third-order valence-electron chi connectivity index (χ3n) is 3.56. The monoisotopic (exact) mass is 339 g/mol. The van der Waals surface area contributed by atoms with Crippen LogP contribution in [0.4, 0.5) is 19.0 Å². The summed E-state index contributed by atoms with van der Waals surface area (Å²) in [5, 5.41) is 6.72. The number of nitrogens with one attached hydrogen (secondary N) is 1. The van der Waals surface area contributed by atoms with E-state index >= 15 is 0 Å². The van der Waals surface area contributed by atoms with E-state index in [1.54, 1.807) is 0 Å². The van der Waals surface area contributed by atoms with Crippen LogP contribution in [0.5, 0.6) is 0 Å². The van der Waals surface area contributed by atoms with Gasteiger partial charge in [-0.05, 0) is 35.2 Å². The molecule has 1 N–H and O–H groups in total. The van der Waals surface area contributed by atoms with Gasteiger partial charge < -0.3 is 10.1 Å². The van der Waals surface area contributed by atoms with E-state index in [9.17, 15) is 13.2 Å². The van der Waals surface area contributed by atoms with Crippen molar-refractivity contribution in [2.24, 2.45) is 0 Å². The van der Waals surface area contributed by atoms with E-state index in [1.165, 1.54) is 4.68 Å². The molecule has 1 fully saturated rings. The van der Waals surface area contributed by atoms with Gasteiger partial charge in [-0.1, -0.05) is 0 Å². The maximum absolute atomic E-state index is 12.9. The highest BCUT2D eigenvalue weighted by Gasteiger charge is 2.41. The summed E-state index contributed by atoms with van der Waals surface area (Å²) >= 11 is 3.00. The van der Waals surface area contributed by atoms with Gasteiger partial charge in [0.2, 0.25) is 0 Å². The molecule has 19 heavy (non-hydrogen) atoms. The number of nitrogens with zero attached hydrogens (tertiary/aromatic N) is 2. The van der Waals surface area contributed by atoms with Crippen LogP contribution in [-0.4, -0.2) is 29.0 Å². The zero-order chi connectivity index (χ0) is 13.6. The van der Waals surface area contributed by atoms with E-state index in [0.717, 1.165) is 19.3 Å². The number of halogens is 4. The smallest absolute Gasteiger partial charge is 0.376 e. The number of anilines is 1. The Morgan fingerprint density at radius 1 is 1.37 bits per heavy atom. The van der Waals surface area contributed by atoms with Crippen LogP contribution < -0.4 is 5.32 Å². The maximum atomic E-state index is 12.9. The lowest BCUT2D eigenvalue weighted by atomic mass is 10.0. The molecule has 0 aliphatic carbocycles. The molecule has 0 radical (unpaired) electrons. The predicted octanol–water partition coefficient (Wildman–Crippen LogP) is 3.20. The first-order chi connectivity index (χ1) is 8.98. The minimum absolute atomic E-state index is 0.0114. The molecule has 0 bridgehead atoms. The topological polar surface area (TPSA) is 39.1 Å². The Morgan fingerprint density at radius 2 is 2.16 bits per heavy atom. The lowest BCUT2D eigenvalue weighted by Crippen LogP contribution is -2.32. The lowest BCUT2D eigenvalue weighted by molar-refractivity contribution is -0.142. The van der Waals surface area contributed by atoms with Crippen LogP contribution in [0.1, 0.15) is 31.0 Å². The fourth-order valence-corrected chi connectivity index (χ4v) is 3.33. The van der Waals surface area contributed by atoms with Gasteiger partial charge in [-0.15, -0.1) is 0 Å². The third kappa shape index (κ3) is 2.24. The molecule has 1 saturated heterocycles. The Balaban J connectivity index is 2.00. The van der Waals surface area contributed by atoms with Crippen LogP contribution >= 0.6 is 15.9 Å². The third-order valence-corrected chi connectivity index (χ3v) is 4.31. The minimum Gasteiger partial charge on any atom is -0.376 e. The second-order valence-electron chi connectivity index (χ2n) is 4.79. The first kappa shape index (κ1) is 13.2. The van der Waals surface area contributed by atoms with Crippen molar-refractivity contribution < 1.29 is 17.9 Å². The van der Waals surface area contributed by atoms with E-state index in [1.807, 2.05) is 0 Å². The molecule has 3 rings (SSSR count). The number of hydrogen-bond acceptors (Lipinski definition) is 3. The summed E-state index contributed by atoms with van der Waals surface area (Å²) < 4.78 is 45.6. The highest BCUT2D eigenvalue weighted by molar-refractivity contribution is 9.10. The van der Waals surface area contributed by atoms with E-state index in [4.69, 9.17) is 4.74 Å². The van der Waals surface area contributed by atoms with Gasteiger partial charge in [0.25, 0.3) is 0 Å². The molecular formula is C11H13BrF3N3O. The van der Waals surface area contributed by atoms with Crippen LogP contribution in [0.15, 0.2) is 4.47 Å². The molecule has 3 heterocycles. The Bertz CT molecular complexity index is 482. The van der Waals surface area contributed by atoms with E-state index < -0.39 is 11.9 Å². The van der Waals surface area contributed by atoms with Gasteiger partial charge in [-0.25, -0.2) is 4.68 Å². The average molecular weight is 340 g/mol. The molecule has 2 atom stereocenters. The Hall–Kier alpha value is -0.760. The summed E-state index contributed by atoms with van der Waals surface area (Å²) in [4.78, 5) is 0. The van der Waals surface area contributed by atoms with Crippen LogP contribution in [0.3, 0.4) is 0 Å². The van der Waals surface area contributed by atoms with Crippen molar-refractivity contribution >= 4 is 21.7 Å². The highest BCUT2D eigenvalue weighted by Crippen LogP contribution is 2.42. The van der Waals surface area contributed by atoms with Crippen LogP contribution in [0.2, 0.25) is 0 Å². The second kappa shape index (κ2) is 4.66. The minimum atomic E-state index is -4.45. The number of ether oxygens (including phenoxy) is 1. The quantitative estimate of drug-likeness (QED) is 0.853. The summed E-state index contributed by atoms with van der Waals surface area (Å²) in [6.07, 6.45) is -1.93. The number of hydrogen-bond donors (Lipinski definition) is 1. The zero-order valence-electron chi connectivity index (χ0n) is 10.0. The molecule has 106 valence electrons. The van der Waals surface area contributed by atoms with Crippen molar-refractivity contribution in [3.63, 3.8) is 0 Å². The SMILES string of the molecule is FC(F)(F)c1nn2c(c1Br)NCCC2C1CCCO1. The van der Waals surface area contributed by atoms with E-state index in [2.05, 4.69) is 26.3 Å². The Labute approximate surface area is 116 Å². The summed E-state index contributed by atoms with van der Waals surface area (Å²) in [5.74, 6) is 0.402. The molecule has 0 saturated carbocycles. The van der Waals surface area contributed by atoms with Crippen molar-refractivity contribution in [1.29, 1.82) is 0 Å². The average Bonchev–Trinajstić information content (AvgIpc) is 2.96. The standard InChI is InChI=1S/C11H13BrF3N3O/c12-8-9(11(13,14)15)17-18-6(3-4-16-10(8)18)7-2-1-5-19-7/h6-7,16H,1-5H2. The molecule has 0 amide bonds. The molecule has 2 aliphatic heterocycles. The lowest BCUT2D eigenvalue weighted by Gasteiger charge is -2.29. The van der Waals surface area contributed by atoms with Crippen LogP contribution in [-0.2, 0) is 10.9 Å². The molecular weight excluding hydrogens is 327 g/mol. The Kier molecular flexibility index (Phi) is 3.24.